The molecule has 2 N–H and O–H groups in total. The third-order valence-electron chi connectivity index (χ3n) is 3.46. The zero-order valence-electron chi connectivity index (χ0n) is 13.7. The summed E-state index contributed by atoms with van der Waals surface area (Å²) in [5, 5.41) is 14.4. The van der Waals surface area contributed by atoms with Crippen LogP contribution in [0.1, 0.15) is 11.1 Å². The Kier molecular flexibility index (Phi) is 4.86. The molecule has 122 valence electrons. The molecule has 0 saturated carbocycles. The van der Waals surface area contributed by atoms with Crippen molar-refractivity contribution in [2.75, 3.05) is 17.7 Å². The smallest absolute Gasteiger partial charge is 0.244 e. The van der Waals surface area contributed by atoms with Crippen LogP contribution in [0.5, 0.6) is 5.75 Å². The summed E-state index contributed by atoms with van der Waals surface area (Å²) in [6.45, 7) is 2.66. The first kappa shape index (κ1) is 15.7. The van der Waals surface area contributed by atoms with Gasteiger partial charge < -0.3 is 15.4 Å². The summed E-state index contributed by atoms with van der Waals surface area (Å²) in [5.41, 5.74) is 3.26. The van der Waals surface area contributed by atoms with Gasteiger partial charge in [-0.15, -0.1) is 5.10 Å². The molecular formula is C18H19N5O. The first-order chi connectivity index (χ1) is 11.7. The molecule has 6 nitrogen and oxygen atoms in total. The van der Waals surface area contributed by atoms with Gasteiger partial charge in [0.25, 0.3) is 0 Å². The summed E-state index contributed by atoms with van der Waals surface area (Å²) in [5.74, 6) is 1.96. The van der Waals surface area contributed by atoms with Gasteiger partial charge in [-0.05, 0) is 42.3 Å². The second-order valence-electron chi connectivity index (χ2n) is 5.36. The van der Waals surface area contributed by atoms with Crippen LogP contribution in [0, 0.1) is 6.92 Å². The van der Waals surface area contributed by atoms with E-state index in [9.17, 15) is 0 Å². The number of methoxy groups -OCH3 is 1. The van der Waals surface area contributed by atoms with Crippen LogP contribution in [0.25, 0.3) is 0 Å². The molecule has 24 heavy (non-hydrogen) atoms. The zero-order valence-corrected chi connectivity index (χ0v) is 13.7. The van der Waals surface area contributed by atoms with Gasteiger partial charge in [0.2, 0.25) is 5.95 Å². The van der Waals surface area contributed by atoms with Gasteiger partial charge in [-0.1, -0.05) is 24.3 Å². The summed E-state index contributed by atoms with van der Waals surface area (Å²) < 4.78 is 5.15. The fourth-order valence-corrected chi connectivity index (χ4v) is 2.23. The van der Waals surface area contributed by atoms with E-state index in [0.717, 1.165) is 17.0 Å². The van der Waals surface area contributed by atoms with Crippen molar-refractivity contribution in [3.8, 4) is 5.75 Å². The van der Waals surface area contributed by atoms with Crippen molar-refractivity contribution in [1.29, 1.82) is 0 Å². The predicted octanol–water partition coefficient (Wildman–Crippen LogP) is 3.54. The van der Waals surface area contributed by atoms with Crippen LogP contribution in [0.2, 0.25) is 0 Å². The first-order valence-corrected chi connectivity index (χ1v) is 7.63. The lowest BCUT2D eigenvalue weighted by Crippen LogP contribution is -2.06. The minimum Gasteiger partial charge on any atom is -0.497 e. The van der Waals surface area contributed by atoms with E-state index in [1.807, 2.05) is 55.5 Å². The molecule has 1 heterocycles. The van der Waals surface area contributed by atoms with E-state index in [2.05, 4.69) is 25.8 Å². The summed E-state index contributed by atoms with van der Waals surface area (Å²) in [4.78, 5) is 4.43. The van der Waals surface area contributed by atoms with Crippen LogP contribution in [-0.2, 0) is 6.54 Å². The van der Waals surface area contributed by atoms with Crippen molar-refractivity contribution in [2.24, 2.45) is 0 Å². The van der Waals surface area contributed by atoms with Crippen LogP contribution < -0.4 is 15.4 Å². The molecule has 0 bridgehead atoms. The Labute approximate surface area is 140 Å². The largest absolute Gasteiger partial charge is 0.497 e. The number of benzene rings is 2. The SMILES string of the molecule is COc1ccc(CNc2nncc(Nc3cccc(C)c3)n2)cc1. The van der Waals surface area contributed by atoms with Crippen LogP contribution in [-0.4, -0.2) is 22.3 Å². The Morgan fingerprint density at radius 3 is 2.67 bits per heavy atom. The van der Waals surface area contributed by atoms with E-state index in [4.69, 9.17) is 4.74 Å². The van der Waals surface area contributed by atoms with Gasteiger partial charge >= 0.3 is 0 Å². The number of ether oxygens (including phenoxy) is 1. The van der Waals surface area contributed by atoms with Crippen molar-refractivity contribution in [3.63, 3.8) is 0 Å². The summed E-state index contributed by atoms with van der Waals surface area (Å²) in [6.07, 6.45) is 1.60. The van der Waals surface area contributed by atoms with Crippen molar-refractivity contribution in [2.45, 2.75) is 13.5 Å². The Hall–Kier alpha value is -3.15. The third kappa shape index (κ3) is 4.19. The number of rotatable bonds is 6. The van der Waals surface area contributed by atoms with Crippen molar-refractivity contribution >= 4 is 17.5 Å². The molecule has 2 aromatic carbocycles. The highest BCUT2D eigenvalue weighted by Gasteiger charge is 2.02. The Morgan fingerprint density at radius 1 is 1.08 bits per heavy atom. The molecular weight excluding hydrogens is 302 g/mol. The number of nitrogens with zero attached hydrogens (tertiary/aromatic N) is 3. The Bertz CT molecular complexity index is 805. The summed E-state index contributed by atoms with van der Waals surface area (Å²) in [6, 6.07) is 15.9. The molecule has 0 unspecified atom stereocenters. The number of nitrogens with one attached hydrogen (secondary N) is 2. The van der Waals surface area contributed by atoms with E-state index in [1.54, 1.807) is 13.3 Å². The van der Waals surface area contributed by atoms with E-state index in [1.165, 1.54) is 5.56 Å². The molecule has 0 radical (unpaired) electrons. The highest BCUT2D eigenvalue weighted by Crippen LogP contribution is 2.16. The average molecular weight is 321 g/mol. The maximum atomic E-state index is 5.15. The molecule has 1 aromatic heterocycles. The molecule has 3 aromatic rings. The Balaban J connectivity index is 1.64. The van der Waals surface area contributed by atoms with Gasteiger partial charge in [0.05, 0.1) is 13.3 Å². The molecule has 3 rings (SSSR count). The standard InChI is InChI=1S/C18H19N5O/c1-13-4-3-5-15(10-13)21-17-12-20-23-18(22-17)19-11-14-6-8-16(24-2)9-7-14/h3-10,12H,11H2,1-2H3,(H2,19,21,22,23). The molecule has 0 spiro atoms. The molecule has 0 saturated heterocycles. The fraction of sp³-hybridized carbons (Fsp3) is 0.167. The van der Waals surface area contributed by atoms with Crippen molar-refractivity contribution in [1.82, 2.24) is 15.2 Å². The van der Waals surface area contributed by atoms with Crippen molar-refractivity contribution < 1.29 is 4.74 Å². The predicted molar refractivity (Wildman–Crippen MR) is 94.6 cm³/mol. The summed E-state index contributed by atoms with van der Waals surface area (Å²) >= 11 is 0. The van der Waals surface area contributed by atoms with Crippen molar-refractivity contribution in [3.05, 3.63) is 65.9 Å². The molecule has 6 heteroatoms. The van der Waals surface area contributed by atoms with E-state index in [0.29, 0.717) is 18.3 Å². The van der Waals surface area contributed by atoms with Gasteiger partial charge in [-0.3, -0.25) is 0 Å². The average Bonchev–Trinajstić information content (AvgIpc) is 2.61. The van der Waals surface area contributed by atoms with Gasteiger partial charge in [0, 0.05) is 12.2 Å². The number of hydrogen-bond donors (Lipinski definition) is 2. The van der Waals surface area contributed by atoms with Gasteiger partial charge in [-0.25, -0.2) is 0 Å². The topological polar surface area (TPSA) is 72.0 Å². The highest BCUT2D eigenvalue weighted by molar-refractivity contribution is 5.56. The molecule has 0 fully saturated rings. The second-order valence-corrected chi connectivity index (χ2v) is 5.36. The lowest BCUT2D eigenvalue weighted by atomic mass is 10.2. The van der Waals surface area contributed by atoms with Crippen LogP contribution in [0.4, 0.5) is 17.5 Å². The van der Waals surface area contributed by atoms with Crippen LogP contribution >= 0.6 is 0 Å². The van der Waals surface area contributed by atoms with Gasteiger partial charge in [0.15, 0.2) is 5.82 Å². The molecule has 0 amide bonds. The second kappa shape index (κ2) is 7.41. The number of anilines is 3. The normalized spacial score (nSPS) is 10.2. The molecule has 0 atom stereocenters. The number of aryl methyl sites for hydroxylation is 1. The monoisotopic (exact) mass is 321 g/mol. The van der Waals surface area contributed by atoms with E-state index >= 15 is 0 Å². The maximum Gasteiger partial charge on any atom is 0.244 e. The van der Waals surface area contributed by atoms with Gasteiger partial charge in [-0.2, -0.15) is 10.1 Å². The zero-order chi connectivity index (χ0) is 16.8. The lowest BCUT2D eigenvalue weighted by Gasteiger charge is -2.08. The first-order valence-electron chi connectivity index (χ1n) is 7.63. The maximum absolute atomic E-state index is 5.15. The highest BCUT2D eigenvalue weighted by atomic mass is 16.5. The number of hydrogen-bond acceptors (Lipinski definition) is 6. The number of aromatic nitrogens is 3. The van der Waals surface area contributed by atoms with Gasteiger partial charge in [0.1, 0.15) is 5.75 Å². The molecule has 0 aliphatic rings. The minimum absolute atomic E-state index is 0.475. The summed E-state index contributed by atoms with van der Waals surface area (Å²) in [7, 11) is 1.65. The van der Waals surface area contributed by atoms with Crippen LogP contribution in [0.15, 0.2) is 54.7 Å². The lowest BCUT2D eigenvalue weighted by molar-refractivity contribution is 0.414. The van der Waals surface area contributed by atoms with E-state index < -0.39 is 0 Å². The van der Waals surface area contributed by atoms with Crippen LogP contribution in [0.3, 0.4) is 0 Å². The minimum atomic E-state index is 0.475. The van der Waals surface area contributed by atoms with E-state index in [-0.39, 0.29) is 0 Å². The third-order valence-corrected chi connectivity index (χ3v) is 3.46. The fourth-order valence-electron chi connectivity index (χ4n) is 2.23. The molecule has 0 aliphatic heterocycles. The molecule has 0 aliphatic carbocycles. The Morgan fingerprint density at radius 2 is 1.92 bits per heavy atom. The quantitative estimate of drug-likeness (QED) is 0.723.